The highest BCUT2D eigenvalue weighted by atomic mass is 32.2. The molecule has 0 radical (unpaired) electrons. The topological polar surface area (TPSA) is 58.6 Å². The highest BCUT2D eigenvalue weighted by molar-refractivity contribution is 7.89. The van der Waals surface area contributed by atoms with E-state index in [-0.39, 0.29) is 6.04 Å². The van der Waals surface area contributed by atoms with Crippen LogP contribution < -0.4 is 4.72 Å². The Hall–Kier alpha value is -0.950. The summed E-state index contributed by atoms with van der Waals surface area (Å²) in [6.07, 6.45) is 0. The third-order valence-electron chi connectivity index (χ3n) is 4.68. The van der Waals surface area contributed by atoms with Crippen LogP contribution in [0, 0.1) is 5.92 Å². The lowest BCUT2D eigenvalue weighted by atomic mass is 10.1. The van der Waals surface area contributed by atoms with Gasteiger partial charge in [-0.05, 0) is 43.0 Å². The minimum atomic E-state index is -3.48. The number of hydrogen-bond donors (Lipinski definition) is 1. The smallest absolute Gasteiger partial charge is 0.240 e. The molecule has 1 saturated heterocycles. The summed E-state index contributed by atoms with van der Waals surface area (Å²) in [7, 11) is -3.48. The van der Waals surface area contributed by atoms with Gasteiger partial charge in [-0.1, -0.05) is 13.0 Å². The Morgan fingerprint density at radius 1 is 1.23 bits per heavy atom. The lowest BCUT2D eigenvalue weighted by Gasteiger charge is -2.20. The summed E-state index contributed by atoms with van der Waals surface area (Å²) >= 11 is 0. The van der Waals surface area contributed by atoms with E-state index in [9.17, 15) is 8.42 Å². The van der Waals surface area contributed by atoms with Gasteiger partial charge in [0.25, 0.3) is 0 Å². The molecule has 1 fully saturated rings. The molecule has 0 aromatic heterocycles. The van der Waals surface area contributed by atoms with Gasteiger partial charge in [-0.15, -0.1) is 0 Å². The van der Waals surface area contributed by atoms with E-state index in [0.717, 1.165) is 24.2 Å². The number of likely N-dealkylation sites (tertiary alicyclic amines) is 1. The van der Waals surface area contributed by atoms with Gasteiger partial charge in [-0.2, -0.15) is 0 Å². The first-order valence-electron chi connectivity index (χ1n) is 7.83. The van der Waals surface area contributed by atoms with Gasteiger partial charge >= 0.3 is 0 Å². The van der Waals surface area contributed by atoms with Crippen LogP contribution in [0.5, 0.6) is 0 Å². The van der Waals surface area contributed by atoms with Crippen molar-refractivity contribution in [2.45, 2.75) is 51.0 Å². The van der Waals surface area contributed by atoms with Crippen molar-refractivity contribution >= 4 is 10.0 Å². The van der Waals surface area contributed by atoms with Crippen LogP contribution in [0.25, 0.3) is 0 Å². The number of rotatable bonds is 4. The Morgan fingerprint density at radius 3 is 2.64 bits per heavy atom. The Labute approximate surface area is 132 Å². The fraction of sp³-hybridized carbons (Fsp3) is 0.625. The Morgan fingerprint density at radius 2 is 1.95 bits per heavy atom. The van der Waals surface area contributed by atoms with Crippen LogP contribution >= 0.6 is 0 Å². The van der Waals surface area contributed by atoms with E-state index in [1.165, 1.54) is 0 Å². The van der Waals surface area contributed by atoms with Crippen molar-refractivity contribution in [1.82, 2.24) is 9.62 Å². The highest BCUT2D eigenvalue weighted by Gasteiger charge is 2.34. The molecular formula is C16H24N2O3S. The zero-order valence-corrected chi connectivity index (χ0v) is 14.2. The average molecular weight is 324 g/mol. The van der Waals surface area contributed by atoms with Gasteiger partial charge in [0, 0.05) is 25.2 Å². The van der Waals surface area contributed by atoms with E-state index in [1.54, 1.807) is 12.1 Å². The number of benzene rings is 1. The molecule has 0 bridgehead atoms. The largest absolute Gasteiger partial charge is 0.372 e. The van der Waals surface area contributed by atoms with Gasteiger partial charge in [-0.3, -0.25) is 4.90 Å². The summed E-state index contributed by atoms with van der Waals surface area (Å²) in [5.41, 5.74) is 2.06. The number of nitrogens with one attached hydrogen (secondary N) is 1. The molecule has 2 aliphatic heterocycles. The number of hydrogen-bond acceptors (Lipinski definition) is 4. The van der Waals surface area contributed by atoms with Gasteiger partial charge < -0.3 is 4.74 Å². The molecule has 1 aromatic carbocycles. The molecule has 3 rings (SSSR count). The first-order valence-corrected chi connectivity index (χ1v) is 9.31. The zero-order valence-electron chi connectivity index (χ0n) is 13.4. The number of nitrogens with zero attached hydrogens (tertiary/aromatic N) is 1. The lowest BCUT2D eigenvalue weighted by Crippen LogP contribution is -2.40. The molecule has 1 aromatic rings. The second-order valence-corrected chi connectivity index (χ2v) is 8.39. The molecule has 6 heteroatoms. The Kier molecular flexibility index (Phi) is 4.29. The first-order chi connectivity index (χ1) is 10.4. The van der Waals surface area contributed by atoms with Gasteiger partial charge in [0.15, 0.2) is 0 Å². The number of ether oxygens (including phenoxy) is 1. The summed E-state index contributed by atoms with van der Waals surface area (Å²) in [6, 6.07) is 5.68. The SMILES string of the molecule is CC(C)N1C[C@H](C)[C@H](NS(=O)(=O)c2ccc3c(c2)COC3)C1. The molecule has 0 spiro atoms. The molecule has 0 aliphatic carbocycles. The molecule has 1 N–H and O–H groups in total. The molecule has 22 heavy (non-hydrogen) atoms. The predicted molar refractivity (Wildman–Crippen MR) is 84.9 cm³/mol. The zero-order chi connectivity index (χ0) is 15.9. The van der Waals surface area contributed by atoms with Crippen molar-refractivity contribution in [3.8, 4) is 0 Å². The van der Waals surface area contributed by atoms with Crippen LogP contribution in [0.3, 0.4) is 0 Å². The third-order valence-corrected chi connectivity index (χ3v) is 6.17. The van der Waals surface area contributed by atoms with E-state index in [1.807, 2.05) is 6.07 Å². The molecule has 2 atom stereocenters. The Bertz CT molecular complexity index is 657. The van der Waals surface area contributed by atoms with E-state index in [4.69, 9.17) is 4.74 Å². The second-order valence-electron chi connectivity index (χ2n) is 6.68. The van der Waals surface area contributed by atoms with Gasteiger partial charge in [0.05, 0.1) is 18.1 Å². The molecule has 122 valence electrons. The number of fused-ring (bicyclic) bond motifs is 1. The standard InChI is InChI=1S/C16H24N2O3S/c1-11(2)18-7-12(3)16(8-18)17-22(19,20)15-5-4-13-9-21-10-14(13)6-15/h4-6,11-12,16-17H,7-10H2,1-3H3/t12-,16+/m0/s1. The summed E-state index contributed by atoms with van der Waals surface area (Å²) in [4.78, 5) is 2.65. The van der Waals surface area contributed by atoms with Crippen molar-refractivity contribution in [2.75, 3.05) is 13.1 Å². The van der Waals surface area contributed by atoms with Gasteiger partial charge in [0.2, 0.25) is 10.0 Å². The molecule has 0 saturated carbocycles. The second kappa shape index (κ2) is 5.92. The molecule has 2 aliphatic rings. The maximum Gasteiger partial charge on any atom is 0.240 e. The molecule has 0 unspecified atom stereocenters. The molecule has 5 nitrogen and oxygen atoms in total. The quantitative estimate of drug-likeness (QED) is 0.916. The van der Waals surface area contributed by atoms with Gasteiger partial charge in [0.1, 0.15) is 0 Å². The van der Waals surface area contributed by atoms with Crippen LogP contribution in [0.2, 0.25) is 0 Å². The minimum absolute atomic E-state index is 0.0306. The predicted octanol–water partition coefficient (Wildman–Crippen LogP) is 1.72. The first kappa shape index (κ1) is 15.9. The fourth-order valence-electron chi connectivity index (χ4n) is 3.16. The number of sulfonamides is 1. The van der Waals surface area contributed by atoms with Crippen molar-refractivity contribution in [3.63, 3.8) is 0 Å². The molecule has 0 amide bonds. The maximum atomic E-state index is 12.6. The third kappa shape index (κ3) is 3.06. The van der Waals surface area contributed by atoms with Crippen LogP contribution in [-0.2, 0) is 28.0 Å². The monoisotopic (exact) mass is 324 g/mol. The minimum Gasteiger partial charge on any atom is -0.372 e. The average Bonchev–Trinajstić information content (AvgIpc) is 3.05. The van der Waals surface area contributed by atoms with Crippen molar-refractivity contribution in [2.24, 2.45) is 5.92 Å². The summed E-state index contributed by atoms with van der Waals surface area (Å²) in [5.74, 6) is 0.315. The van der Waals surface area contributed by atoms with E-state index in [2.05, 4.69) is 30.4 Å². The lowest BCUT2D eigenvalue weighted by molar-refractivity contribution is 0.134. The van der Waals surface area contributed by atoms with E-state index >= 15 is 0 Å². The van der Waals surface area contributed by atoms with Crippen molar-refractivity contribution in [1.29, 1.82) is 0 Å². The van der Waals surface area contributed by atoms with Crippen LogP contribution in [0.4, 0.5) is 0 Å². The Balaban J connectivity index is 1.76. The fourth-order valence-corrected chi connectivity index (χ4v) is 4.55. The van der Waals surface area contributed by atoms with Gasteiger partial charge in [-0.25, -0.2) is 13.1 Å². The van der Waals surface area contributed by atoms with Crippen LogP contribution in [0.15, 0.2) is 23.1 Å². The molecule has 2 heterocycles. The molecular weight excluding hydrogens is 300 g/mol. The van der Waals surface area contributed by atoms with E-state index < -0.39 is 10.0 Å². The summed E-state index contributed by atoms with van der Waals surface area (Å²) in [6.45, 7) is 9.17. The van der Waals surface area contributed by atoms with Crippen LogP contribution in [0.1, 0.15) is 31.9 Å². The summed E-state index contributed by atoms with van der Waals surface area (Å²) in [5, 5.41) is 0. The maximum absolute atomic E-state index is 12.6. The normalized spacial score (nSPS) is 25.8. The van der Waals surface area contributed by atoms with Crippen LogP contribution in [-0.4, -0.2) is 38.5 Å². The highest BCUT2D eigenvalue weighted by Crippen LogP contribution is 2.25. The summed E-state index contributed by atoms with van der Waals surface area (Å²) < 4.78 is 33.5. The van der Waals surface area contributed by atoms with Crippen molar-refractivity contribution in [3.05, 3.63) is 29.3 Å². The van der Waals surface area contributed by atoms with Crippen molar-refractivity contribution < 1.29 is 13.2 Å². The van der Waals surface area contributed by atoms with E-state index in [0.29, 0.717) is 30.1 Å².